The quantitative estimate of drug-likeness (QED) is 0.243. The zero-order valence-electron chi connectivity index (χ0n) is 19.0. The summed E-state index contributed by atoms with van der Waals surface area (Å²) in [5.74, 6) is -0.763. The highest BCUT2D eigenvalue weighted by molar-refractivity contribution is 6.39. The number of hydrogen-bond donors (Lipinski definition) is 1. The number of nitrogens with one attached hydrogen (secondary N) is 1. The van der Waals surface area contributed by atoms with Gasteiger partial charge < -0.3 is 9.47 Å². The maximum absolute atomic E-state index is 13.1. The molecule has 0 radical (unpaired) electrons. The zero-order chi connectivity index (χ0) is 24.7. The van der Waals surface area contributed by atoms with Gasteiger partial charge in [-0.1, -0.05) is 55.5 Å². The predicted octanol–water partition coefficient (Wildman–Crippen LogP) is 6.02. The van der Waals surface area contributed by atoms with Crippen molar-refractivity contribution < 1.29 is 23.9 Å². The van der Waals surface area contributed by atoms with E-state index in [0.717, 1.165) is 30.6 Å². The van der Waals surface area contributed by atoms with Gasteiger partial charge in [0, 0.05) is 5.02 Å². The number of unbranched alkanes of at least 4 members (excludes halogenated alkanes) is 3. The SMILES string of the molecule is CCCCCCOc1c(Cl)cc(/C=C2\C(=O)NC(=O)N(c3cccc(Cl)c3)C2=O)cc1OCC. The first kappa shape index (κ1) is 25.6. The average Bonchev–Trinajstić information content (AvgIpc) is 2.78. The minimum Gasteiger partial charge on any atom is -0.490 e. The number of halogens is 2. The number of amides is 4. The fourth-order valence-electron chi connectivity index (χ4n) is 3.45. The molecule has 0 aromatic heterocycles. The number of nitrogens with zero attached hydrogens (tertiary/aromatic N) is 1. The monoisotopic (exact) mass is 504 g/mol. The molecule has 2 aromatic rings. The van der Waals surface area contributed by atoms with Crippen molar-refractivity contribution in [2.45, 2.75) is 39.5 Å². The van der Waals surface area contributed by atoms with E-state index in [1.807, 2.05) is 6.92 Å². The minimum atomic E-state index is -0.853. The van der Waals surface area contributed by atoms with Gasteiger partial charge in [-0.05, 0) is 55.3 Å². The van der Waals surface area contributed by atoms with E-state index in [0.29, 0.717) is 40.3 Å². The van der Waals surface area contributed by atoms with Crippen LogP contribution in [0.25, 0.3) is 6.08 Å². The molecule has 0 bridgehead atoms. The summed E-state index contributed by atoms with van der Waals surface area (Å²) in [6.07, 6.45) is 5.57. The molecule has 0 saturated carbocycles. The van der Waals surface area contributed by atoms with Crippen molar-refractivity contribution in [3.8, 4) is 11.5 Å². The number of rotatable bonds is 10. The smallest absolute Gasteiger partial charge is 0.335 e. The van der Waals surface area contributed by atoms with Gasteiger partial charge in [0.15, 0.2) is 11.5 Å². The summed E-state index contributed by atoms with van der Waals surface area (Å²) in [6.45, 7) is 4.84. The van der Waals surface area contributed by atoms with E-state index in [-0.39, 0.29) is 11.3 Å². The Morgan fingerprint density at radius 2 is 1.79 bits per heavy atom. The van der Waals surface area contributed by atoms with Crippen LogP contribution in [0, 0.1) is 0 Å². The van der Waals surface area contributed by atoms with Crippen LogP contribution in [-0.4, -0.2) is 31.1 Å². The van der Waals surface area contributed by atoms with Crippen LogP contribution in [0.15, 0.2) is 42.0 Å². The molecule has 4 amide bonds. The molecule has 1 aliphatic rings. The van der Waals surface area contributed by atoms with E-state index in [2.05, 4.69) is 12.2 Å². The second-order valence-corrected chi connectivity index (χ2v) is 8.45. The van der Waals surface area contributed by atoms with Crippen LogP contribution in [0.3, 0.4) is 0 Å². The fraction of sp³-hybridized carbons (Fsp3) is 0.320. The summed E-state index contributed by atoms with van der Waals surface area (Å²) >= 11 is 12.5. The number of carbonyl (C=O) groups is 3. The molecule has 3 rings (SSSR count). The third kappa shape index (κ3) is 6.10. The third-order valence-electron chi connectivity index (χ3n) is 5.06. The van der Waals surface area contributed by atoms with E-state index in [1.165, 1.54) is 12.1 Å². The predicted molar refractivity (Wildman–Crippen MR) is 133 cm³/mol. The van der Waals surface area contributed by atoms with Gasteiger partial charge in [-0.15, -0.1) is 0 Å². The highest BCUT2D eigenvalue weighted by Crippen LogP contribution is 2.38. The van der Waals surface area contributed by atoms with Crippen LogP contribution >= 0.6 is 23.2 Å². The first-order chi connectivity index (χ1) is 16.3. The van der Waals surface area contributed by atoms with Gasteiger partial charge in [0.1, 0.15) is 5.57 Å². The minimum absolute atomic E-state index is 0.230. The Morgan fingerprint density at radius 3 is 2.50 bits per heavy atom. The van der Waals surface area contributed by atoms with Gasteiger partial charge in [-0.3, -0.25) is 14.9 Å². The molecule has 1 heterocycles. The van der Waals surface area contributed by atoms with Crippen LogP contribution in [0.4, 0.5) is 10.5 Å². The Balaban J connectivity index is 1.91. The summed E-state index contributed by atoms with van der Waals surface area (Å²) < 4.78 is 11.6. The zero-order valence-corrected chi connectivity index (χ0v) is 20.5. The standard InChI is InChI=1S/C25H26Cl2N2O5/c1-3-5-6-7-11-34-22-20(27)13-16(14-21(22)33-4-2)12-19-23(30)28-25(32)29(24(19)31)18-10-8-9-17(26)15-18/h8-10,12-15H,3-7,11H2,1-2H3,(H,28,30,32)/b19-12+. The van der Waals surface area contributed by atoms with Crippen molar-refractivity contribution in [2.75, 3.05) is 18.1 Å². The van der Waals surface area contributed by atoms with E-state index in [1.54, 1.807) is 30.3 Å². The van der Waals surface area contributed by atoms with Gasteiger partial charge in [0.2, 0.25) is 0 Å². The first-order valence-corrected chi connectivity index (χ1v) is 11.9. The maximum atomic E-state index is 13.1. The second kappa shape index (κ2) is 11.9. The van der Waals surface area contributed by atoms with Gasteiger partial charge in [0.25, 0.3) is 11.8 Å². The van der Waals surface area contributed by atoms with E-state index in [9.17, 15) is 14.4 Å². The highest BCUT2D eigenvalue weighted by atomic mass is 35.5. The van der Waals surface area contributed by atoms with Gasteiger partial charge in [-0.25, -0.2) is 9.69 Å². The number of urea groups is 1. The number of barbiturate groups is 1. The summed E-state index contributed by atoms with van der Waals surface area (Å²) in [6, 6.07) is 8.60. The van der Waals surface area contributed by atoms with Crippen molar-refractivity contribution in [3.05, 3.63) is 57.6 Å². The third-order valence-corrected chi connectivity index (χ3v) is 5.57. The van der Waals surface area contributed by atoms with E-state index < -0.39 is 17.8 Å². The molecule has 7 nitrogen and oxygen atoms in total. The largest absolute Gasteiger partial charge is 0.490 e. The molecule has 2 aromatic carbocycles. The molecule has 1 aliphatic heterocycles. The molecule has 9 heteroatoms. The Morgan fingerprint density at radius 1 is 1.00 bits per heavy atom. The van der Waals surface area contributed by atoms with Gasteiger partial charge in [0.05, 0.1) is 23.9 Å². The number of imide groups is 2. The molecule has 180 valence electrons. The lowest BCUT2D eigenvalue weighted by Gasteiger charge is -2.26. The lowest BCUT2D eigenvalue weighted by atomic mass is 10.1. The molecule has 0 aliphatic carbocycles. The summed E-state index contributed by atoms with van der Waals surface area (Å²) in [7, 11) is 0. The lowest BCUT2D eigenvalue weighted by molar-refractivity contribution is -0.122. The Labute approximate surface area is 208 Å². The van der Waals surface area contributed by atoms with E-state index in [4.69, 9.17) is 32.7 Å². The molecule has 34 heavy (non-hydrogen) atoms. The normalized spacial score (nSPS) is 15.0. The lowest BCUT2D eigenvalue weighted by Crippen LogP contribution is -2.54. The van der Waals surface area contributed by atoms with E-state index >= 15 is 0 Å². The van der Waals surface area contributed by atoms with Gasteiger partial charge >= 0.3 is 6.03 Å². The summed E-state index contributed by atoms with van der Waals surface area (Å²) in [4.78, 5) is 38.8. The Hall–Kier alpha value is -3.03. The van der Waals surface area contributed by atoms with Crippen LogP contribution in [0.5, 0.6) is 11.5 Å². The first-order valence-electron chi connectivity index (χ1n) is 11.1. The molecule has 1 fully saturated rings. The van der Waals surface area contributed by atoms with Crippen molar-refractivity contribution in [2.24, 2.45) is 0 Å². The molecule has 0 spiro atoms. The second-order valence-electron chi connectivity index (χ2n) is 7.61. The molecule has 1 saturated heterocycles. The topological polar surface area (TPSA) is 84.9 Å². The summed E-state index contributed by atoms with van der Waals surface area (Å²) in [5, 5.41) is 2.82. The number of hydrogen-bond acceptors (Lipinski definition) is 5. The highest BCUT2D eigenvalue weighted by Gasteiger charge is 2.37. The van der Waals surface area contributed by atoms with Crippen LogP contribution in [0.2, 0.25) is 10.0 Å². The number of carbonyl (C=O) groups excluding carboxylic acids is 3. The Bertz CT molecular complexity index is 1120. The van der Waals surface area contributed by atoms with Gasteiger partial charge in [-0.2, -0.15) is 0 Å². The number of ether oxygens (including phenoxy) is 2. The van der Waals surface area contributed by atoms with Crippen molar-refractivity contribution in [3.63, 3.8) is 0 Å². The van der Waals surface area contributed by atoms with Crippen molar-refractivity contribution in [1.82, 2.24) is 5.32 Å². The molecule has 1 N–H and O–H groups in total. The molecular formula is C25H26Cl2N2O5. The van der Waals surface area contributed by atoms with Crippen LogP contribution < -0.4 is 19.7 Å². The fourth-order valence-corrected chi connectivity index (χ4v) is 3.91. The molecule has 0 atom stereocenters. The maximum Gasteiger partial charge on any atom is 0.335 e. The number of anilines is 1. The molecule has 0 unspecified atom stereocenters. The van der Waals surface area contributed by atoms with Crippen molar-refractivity contribution in [1.29, 1.82) is 0 Å². The molecular weight excluding hydrogens is 479 g/mol. The average molecular weight is 505 g/mol. The summed E-state index contributed by atoms with van der Waals surface area (Å²) in [5.41, 5.74) is 0.463. The number of benzene rings is 2. The van der Waals surface area contributed by atoms with Crippen molar-refractivity contribution >= 4 is 52.8 Å². The van der Waals surface area contributed by atoms with Crippen LogP contribution in [-0.2, 0) is 9.59 Å². The van der Waals surface area contributed by atoms with Crippen LogP contribution in [0.1, 0.15) is 45.1 Å². The Kier molecular flexibility index (Phi) is 8.96.